The van der Waals surface area contributed by atoms with Crippen LogP contribution >= 0.6 is 0 Å². The zero-order valence-corrected chi connectivity index (χ0v) is 10.0. The number of ether oxygens (including phenoxy) is 1. The molecule has 0 spiro atoms. The molecule has 16 heavy (non-hydrogen) atoms. The van der Waals surface area contributed by atoms with Crippen molar-refractivity contribution in [3.8, 4) is 0 Å². The van der Waals surface area contributed by atoms with Crippen molar-refractivity contribution < 1.29 is 9.53 Å². The van der Waals surface area contributed by atoms with E-state index >= 15 is 0 Å². The lowest BCUT2D eigenvalue weighted by Gasteiger charge is -2.07. The van der Waals surface area contributed by atoms with Gasteiger partial charge in [-0.15, -0.1) is 0 Å². The molecule has 0 fully saturated rings. The third-order valence-corrected chi connectivity index (χ3v) is 2.38. The van der Waals surface area contributed by atoms with E-state index in [0.29, 0.717) is 19.6 Å². The zero-order chi connectivity index (χ0) is 11.8. The van der Waals surface area contributed by atoms with Gasteiger partial charge in [0.25, 0.3) is 0 Å². The molecule has 4 nitrogen and oxygen atoms in total. The second-order valence-corrected chi connectivity index (χ2v) is 3.52. The minimum Gasteiger partial charge on any atom is -0.466 e. The van der Waals surface area contributed by atoms with Crippen LogP contribution < -0.4 is 5.32 Å². The maximum Gasteiger partial charge on any atom is 0.307 e. The molecule has 90 valence electrons. The fourth-order valence-electron chi connectivity index (χ4n) is 1.56. The van der Waals surface area contributed by atoms with Gasteiger partial charge in [-0.05, 0) is 26.0 Å². The van der Waals surface area contributed by atoms with Crippen molar-refractivity contribution in [2.75, 3.05) is 13.2 Å². The van der Waals surface area contributed by atoms with Gasteiger partial charge in [-0.25, -0.2) is 0 Å². The maximum atomic E-state index is 11.1. The second kappa shape index (κ2) is 7.06. The first-order valence-electron chi connectivity index (χ1n) is 5.78. The number of carbonyl (C=O) groups excluding carboxylic acids is 1. The number of carbonyl (C=O) groups is 1. The molecule has 0 saturated heterocycles. The van der Waals surface area contributed by atoms with Gasteiger partial charge in [0.15, 0.2) is 0 Å². The summed E-state index contributed by atoms with van der Waals surface area (Å²) < 4.78 is 7.02. The third kappa shape index (κ3) is 4.06. The molecule has 0 bridgehead atoms. The molecule has 1 aromatic heterocycles. The molecule has 0 radical (unpaired) electrons. The molecular weight excluding hydrogens is 204 g/mol. The van der Waals surface area contributed by atoms with Crippen LogP contribution in [0.1, 0.15) is 26.0 Å². The minimum absolute atomic E-state index is 0.138. The Labute approximate surface area is 96.6 Å². The van der Waals surface area contributed by atoms with Crippen molar-refractivity contribution in [3.05, 3.63) is 24.0 Å². The molecule has 0 amide bonds. The molecule has 0 saturated carbocycles. The lowest BCUT2D eigenvalue weighted by atomic mass is 10.4. The summed E-state index contributed by atoms with van der Waals surface area (Å²) in [5, 5.41) is 3.23. The predicted molar refractivity (Wildman–Crippen MR) is 63.1 cm³/mol. The SMILES string of the molecule is CCOC(=O)CCNCc1cccn1CC. The molecule has 4 heteroatoms. The summed E-state index contributed by atoms with van der Waals surface area (Å²) in [6.45, 7) is 6.81. The molecule has 0 aromatic carbocycles. The van der Waals surface area contributed by atoms with Crippen LogP contribution in [-0.2, 0) is 22.6 Å². The Morgan fingerprint density at radius 3 is 3.00 bits per heavy atom. The zero-order valence-electron chi connectivity index (χ0n) is 10.0. The van der Waals surface area contributed by atoms with Crippen LogP contribution in [0.4, 0.5) is 0 Å². The van der Waals surface area contributed by atoms with Crippen LogP contribution in [-0.4, -0.2) is 23.7 Å². The summed E-state index contributed by atoms with van der Waals surface area (Å²) >= 11 is 0. The summed E-state index contributed by atoms with van der Waals surface area (Å²) in [6, 6.07) is 4.12. The lowest BCUT2D eigenvalue weighted by molar-refractivity contribution is -0.142. The number of hydrogen-bond acceptors (Lipinski definition) is 3. The largest absolute Gasteiger partial charge is 0.466 e. The van der Waals surface area contributed by atoms with E-state index in [0.717, 1.165) is 13.1 Å². The van der Waals surface area contributed by atoms with Crippen LogP contribution in [0.25, 0.3) is 0 Å². The predicted octanol–water partition coefficient (Wildman–Crippen LogP) is 1.55. The Morgan fingerprint density at radius 1 is 1.50 bits per heavy atom. The van der Waals surface area contributed by atoms with Crippen molar-refractivity contribution in [1.29, 1.82) is 0 Å². The molecule has 0 aliphatic carbocycles. The number of esters is 1. The molecule has 0 aliphatic rings. The van der Waals surface area contributed by atoms with Gasteiger partial charge < -0.3 is 14.6 Å². The topological polar surface area (TPSA) is 43.3 Å². The van der Waals surface area contributed by atoms with Gasteiger partial charge in [0.05, 0.1) is 13.0 Å². The van der Waals surface area contributed by atoms with E-state index in [2.05, 4.69) is 29.1 Å². The van der Waals surface area contributed by atoms with Gasteiger partial charge >= 0.3 is 5.97 Å². The highest BCUT2D eigenvalue weighted by Gasteiger charge is 2.02. The Hall–Kier alpha value is -1.29. The Kier molecular flexibility index (Phi) is 5.64. The highest BCUT2D eigenvalue weighted by atomic mass is 16.5. The highest BCUT2D eigenvalue weighted by Crippen LogP contribution is 2.01. The van der Waals surface area contributed by atoms with E-state index in [1.807, 2.05) is 13.0 Å². The van der Waals surface area contributed by atoms with E-state index in [1.165, 1.54) is 5.69 Å². The van der Waals surface area contributed by atoms with Gasteiger partial charge in [0, 0.05) is 31.5 Å². The van der Waals surface area contributed by atoms with Gasteiger partial charge in [-0.1, -0.05) is 0 Å². The number of nitrogens with one attached hydrogen (secondary N) is 1. The van der Waals surface area contributed by atoms with E-state index in [1.54, 1.807) is 0 Å². The van der Waals surface area contributed by atoms with Crippen LogP contribution in [0, 0.1) is 0 Å². The van der Waals surface area contributed by atoms with Crippen LogP contribution in [0.5, 0.6) is 0 Å². The average Bonchev–Trinajstić information content (AvgIpc) is 2.72. The second-order valence-electron chi connectivity index (χ2n) is 3.52. The van der Waals surface area contributed by atoms with Gasteiger partial charge in [-0.2, -0.15) is 0 Å². The monoisotopic (exact) mass is 224 g/mol. The molecule has 1 N–H and O–H groups in total. The van der Waals surface area contributed by atoms with Crippen molar-refractivity contribution in [2.24, 2.45) is 0 Å². The lowest BCUT2D eigenvalue weighted by Crippen LogP contribution is -2.20. The van der Waals surface area contributed by atoms with Crippen LogP contribution in [0.2, 0.25) is 0 Å². The molecular formula is C12H20N2O2. The smallest absolute Gasteiger partial charge is 0.307 e. The fourth-order valence-corrected chi connectivity index (χ4v) is 1.56. The maximum absolute atomic E-state index is 11.1. The van der Waals surface area contributed by atoms with Crippen LogP contribution in [0.15, 0.2) is 18.3 Å². The quantitative estimate of drug-likeness (QED) is 0.564. The molecule has 1 aromatic rings. The first-order chi connectivity index (χ1) is 7.77. The first kappa shape index (κ1) is 12.8. The summed E-state index contributed by atoms with van der Waals surface area (Å²) in [5.41, 5.74) is 1.24. The van der Waals surface area contributed by atoms with Crippen molar-refractivity contribution in [2.45, 2.75) is 33.4 Å². The van der Waals surface area contributed by atoms with E-state index in [9.17, 15) is 4.79 Å². The van der Waals surface area contributed by atoms with Gasteiger partial charge in [0.2, 0.25) is 0 Å². The first-order valence-corrected chi connectivity index (χ1v) is 5.78. The molecule has 0 aliphatic heterocycles. The minimum atomic E-state index is -0.138. The van der Waals surface area contributed by atoms with Crippen molar-refractivity contribution >= 4 is 5.97 Å². The number of rotatable bonds is 7. The van der Waals surface area contributed by atoms with Crippen molar-refractivity contribution in [1.82, 2.24) is 9.88 Å². The van der Waals surface area contributed by atoms with E-state index in [-0.39, 0.29) is 5.97 Å². The number of hydrogen-bond donors (Lipinski definition) is 1. The van der Waals surface area contributed by atoms with E-state index in [4.69, 9.17) is 4.74 Å². The number of aryl methyl sites for hydroxylation is 1. The van der Waals surface area contributed by atoms with Crippen molar-refractivity contribution in [3.63, 3.8) is 0 Å². The fraction of sp³-hybridized carbons (Fsp3) is 0.583. The Morgan fingerprint density at radius 2 is 2.31 bits per heavy atom. The Balaban J connectivity index is 2.18. The normalized spacial score (nSPS) is 10.4. The summed E-state index contributed by atoms with van der Waals surface area (Å²) in [6.07, 6.45) is 2.49. The molecule has 0 unspecified atom stereocenters. The van der Waals surface area contributed by atoms with Crippen LogP contribution in [0.3, 0.4) is 0 Å². The number of aromatic nitrogens is 1. The highest BCUT2D eigenvalue weighted by molar-refractivity contribution is 5.69. The molecule has 0 atom stereocenters. The standard InChI is InChI=1S/C12H20N2O2/c1-3-14-9-5-6-11(14)10-13-8-7-12(15)16-4-2/h5-6,9,13H,3-4,7-8,10H2,1-2H3. The van der Waals surface area contributed by atoms with Gasteiger partial charge in [0.1, 0.15) is 0 Å². The summed E-state index contributed by atoms with van der Waals surface area (Å²) in [5.74, 6) is -0.138. The summed E-state index contributed by atoms with van der Waals surface area (Å²) in [4.78, 5) is 11.1. The number of nitrogens with zero attached hydrogens (tertiary/aromatic N) is 1. The molecule has 1 rings (SSSR count). The third-order valence-electron chi connectivity index (χ3n) is 2.38. The summed E-state index contributed by atoms with van der Waals surface area (Å²) in [7, 11) is 0. The van der Waals surface area contributed by atoms with E-state index < -0.39 is 0 Å². The van der Waals surface area contributed by atoms with Gasteiger partial charge in [-0.3, -0.25) is 4.79 Å². The average molecular weight is 224 g/mol. The Bertz CT molecular complexity index is 321. The molecule has 1 heterocycles.